The predicted molar refractivity (Wildman–Crippen MR) is 70.3 cm³/mol. The lowest BCUT2D eigenvalue weighted by molar-refractivity contribution is -0.549. The second-order valence-electron chi connectivity index (χ2n) is 5.56. The van der Waals surface area contributed by atoms with Crippen LogP contribution in [0.1, 0.15) is 5.56 Å². The second-order valence-corrected chi connectivity index (χ2v) is 5.56. The Morgan fingerprint density at radius 1 is 0.905 bits per heavy atom. The van der Waals surface area contributed by atoms with E-state index in [1.807, 2.05) is 30.3 Å². The van der Waals surface area contributed by atoms with Crippen LogP contribution in [-0.4, -0.2) is 55.9 Å². The van der Waals surface area contributed by atoms with Gasteiger partial charge in [-0.2, -0.15) is 0 Å². The van der Waals surface area contributed by atoms with E-state index in [2.05, 4.69) is 0 Å². The lowest BCUT2D eigenvalue weighted by Gasteiger charge is -2.61. The van der Waals surface area contributed by atoms with Crippen LogP contribution in [-0.2, 0) is 29.7 Å². The molecule has 3 heterocycles. The molecule has 3 unspecified atom stereocenters. The molecule has 3 aliphatic heterocycles. The molecule has 3 saturated heterocycles. The Labute approximate surface area is 122 Å². The van der Waals surface area contributed by atoms with Crippen molar-refractivity contribution in [2.75, 3.05) is 14.2 Å². The molecular weight excluding hydrogens is 276 g/mol. The lowest BCUT2D eigenvalue weighted by Crippen LogP contribution is -2.78. The van der Waals surface area contributed by atoms with E-state index in [1.54, 1.807) is 14.2 Å². The zero-order chi connectivity index (χ0) is 14.6. The smallest absolute Gasteiger partial charge is 0.313 e. The van der Waals surface area contributed by atoms with E-state index >= 15 is 0 Å². The predicted octanol–water partition coefficient (Wildman–Crippen LogP) is 0.384. The van der Waals surface area contributed by atoms with Gasteiger partial charge in [0.15, 0.2) is 0 Å². The van der Waals surface area contributed by atoms with Gasteiger partial charge in [-0.1, -0.05) is 30.3 Å². The molecule has 4 bridgehead atoms. The van der Waals surface area contributed by atoms with E-state index < -0.39 is 24.3 Å². The molecule has 1 saturated carbocycles. The third-order valence-electron chi connectivity index (χ3n) is 4.51. The number of rotatable bonds is 3. The Balaban J connectivity index is 1.76. The summed E-state index contributed by atoms with van der Waals surface area (Å²) in [6, 6.07) is 9.45. The average molecular weight is 294 g/mol. The third kappa shape index (κ3) is 1.75. The van der Waals surface area contributed by atoms with Crippen LogP contribution >= 0.6 is 0 Å². The monoisotopic (exact) mass is 294 g/mol. The van der Waals surface area contributed by atoms with Crippen LogP contribution in [0.25, 0.3) is 0 Å². The topological polar surface area (TPSA) is 66.4 Å². The van der Waals surface area contributed by atoms with Crippen molar-refractivity contribution in [3.8, 4) is 0 Å². The highest BCUT2D eigenvalue weighted by atomic mass is 16.9. The van der Waals surface area contributed by atoms with E-state index in [-0.39, 0.29) is 18.3 Å². The first-order valence-corrected chi connectivity index (χ1v) is 7.03. The van der Waals surface area contributed by atoms with Crippen molar-refractivity contribution < 1.29 is 28.8 Å². The molecule has 4 fully saturated rings. The first-order valence-electron chi connectivity index (χ1n) is 7.03. The highest BCUT2D eigenvalue weighted by molar-refractivity contribution is 5.22. The normalized spacial score (nSPS) is 47.8. The van der Waals surface area contributed by atoms with Crippen molar-refractivity contribution in [1.29, 1.82) is 0 Å². The summed E-state index contributed by atoms with van der Waals surface area (Å²) < 4.78 is 28.8. The van der Waals surface area contributed by atoms with E-state index in [1.165, 1.54) is 0 Å². The van der Waals surface area contributed by atoms with Crippen molar-refractivity contribution in [2.24, 2.45) is 0 Å². The van der Waals surface area contributed by atoms with E-state index in [4.69, 9.17) is 23.7 Å². The fourth-order valence-electron chi connectivity index (χ4n) is 3.55. The molecule has 6 nitrogen and oxygen atoms in total. The van der Waals surface area contributed by atoms with E-state index in [0.717, 1.165) is 5.56 Å². The average Bonchev–Trinajstić information content (AvgIpc) is 2.53. The first-order chi connectivity index (χ1) is 10.2. The van der Waals surface area contributed by atoms with Gasteiger partial charge in [0.1, 0.15) is 36.6 Å². The number of hydrogen-bond donors (Lipinski definition) is 1. The Hall–Kier alpha value is -1.02. The highest BCUT2D eigenvalue weighted by Crippen LogP contribution is 2.51. The highest BCUT2D eigenvalue weighted by Gasteiger charge is 2.68. The maximum Gasteiger partial charge on any atom is 0.313 e. The van der Waals surface area contributed by atoms with Gasteiger partial charge in [0, 0.05) is 19.8 Å². The Kier molecular flexibility index (Phi) is 3.08. The van der Waals surface area contributed by atoms with Gasteiger partial charge < -0.3 is 28.8 Å². The summed E-state index contributed by atoms with van der Waals surface area (Å²) in [5.41, 5.74) is 0.765. The van der Waals surface area contributed by atoms with Crippen LogP contribution in [0.5, 0.6) is 0 Å². The van der Waals surface area contributed by atoms with Gasteiger partial charge >= 0.3 is 5.97 Å². The molecule has 114 valence electrons. The third-order valence-corrected chi connectivity index (χ3v) is 4.51. The van der Waals surface area contributed by atoms with E-state index in [0.29, 0.717) is 0 Å². The minimum absolute atomic E-state index is 0.346. The molecule has 1 N–H and O–H groups in total. The minimum atomic E-state index is -1.29. The molecule has 0 aromatic heterocycles. The summed E-state index contributed by atoms with van der Waals surface area (Å²) >= 11 is 0. The number of ether oxygens (including phenoxy) is 5. The van der Waals surface area contributed by atoms with Crippen LogP contribution in [0, 0.1) is 0 Å². The summed E-state index contributed by atoms with van der Waals surface area (Å²) in [5.74, 6) is -1.29. The lowest BCUT2D eigenvalue weighted by atomic mass is 9.81. The zero-order valence-corrected chi connectivity index (χ0v) is 11.8. The summed E-state index contributed by atoms with van der Waals surface area (Å²) in [4.78, 5) is 0. The fourth-order valence-corrected chi connectivity index (χ4v) is 3.55. The SMILES string of the molecule is CO[C@@H]1C2OC3(c4ccccc4)O[C@@H]1C(O)[C@H](O3)[C@@H]2OC. The maximum atomic E-state index is 10.4. The molecule has 0 spiro atoms. The Morgan fingerprint density at radius 3 is 1.95 bits per heavy atom. The number of hydrogen-bond acceptors (Lipinski definition) is 6. The number of methoxy groups -OCH3 is 2. The molecule has 6 heteroatoms. The van der Waals surface area contributed by atoms with Gasteiger partial charge in [-0.05, 0) is 0 Å². The zero-order valence-electron chi connectivity index (χ0n) is 11.8. The van der Waals surface area contributed by atoms with Gasteiger partial charge in [0.05, 0.1) is 0 Å². The van der Waals surface area contributed by atoms with Crippen LogP contribution in [0.15, 0.2) is 30.3 Å². The molecule has 21 heavy (non-hydrogen) atoms. The largest absolute Gasteiger partial charge is 0.387 e. The van der Waals surface area contributed by atoms with Crippen molar-refractivity contribution in [3.05, 3.63) is 35.9 Å². The van der Waals surface area contributed by atoms with Crippen molar-refractivity contribution in [3.63, 3.8) is 0 Å². The molecule has 0 radical (unpaired) electrons. The quantitative estimate of drug-likeness (QED) is 0.869. The van der Waals surface area contributed by atoms with Crippen molar-refractivity contribution >= 4 is 0 Å². The van der Waals surface area contributed by atoms with Crippen LogP contribution in [0.3, 0.4) is 0 Å². The molecule has 1 aromatic carbocycles. The van der Waals surface area contributed by atoms with Gasteiger partial charge in [-0.25, -0.2) is 0 Å². The summed E-state index contributed by atoms with van der Waals surface area (Å²) in [6.07, 6.45) is -2.93. The molecule has 1 aliphatic carbocycles. The molecule has 1 aromatic rings. The van der Waals surface area contributed by atoms with Gasteiger partial charge in [0.2, 0.25) is 0 Å². The summed E-state index contributed by atoms with van der Waals surface area (Å²) in [6.45, 7) is 0. The fraction of sp³-hybridized carbons (Fsp3) is 0.600. The van der Waals surface area contributed by atoms with Crippen molar-refractivity contribution in [2.45, 2.75) is 42.6 Å². The Bertz CT molecular complexity index is 498. The van der Waals surface area contributed by atoms with Crippen LogP contribution < -0.4 is 0 Å². The van der Waals surface area contributed by atoms with Gasteiger partial charge in [0.25, 0.3) is 0 Å². The number of benzene rings is 1. The molecule has 5 rings (SSSR count). The standard InChI is InChI=1S/C15H18O6/c1-17-12-10-9(16)11-13(18-2)14(12)21-15(19-10,20-11)8-6-4-3-5-7-8/h3-7,9-14,16H,1-2H3/t9?,10-,11+,12-,13-,14?,15?/m0/s1. The van der Waals surface area contributed by atoms with Gasteiger partial charge in [-0.15, -0.1) is 0 Å². The first kappa shape index (κ1) is 13.6. The summed E-state index contributed by atoms with van der Waals surface area (Å²) in [7, 11) is 3.16. The Morgan fingerprint density at radius 2 is 1.43 bits per heavy atom. The minimum Gasteiger partial charge on any atom is -0.387 e. The van der Waals surface area contributed by atoms with Crippen LogP contribution in [0.2, 0.25) is 0 Å². The van der Waals surface area contributed by atoms with Crippen LogP contribution in [0.4, 0.5) is 0 Å². The second kappa shape index (κ2) is 4.74. The summed E-state index contributed by atoms with van der Waals surface area (Å²) in [5, 5.41) is 10.4. The maximum absolute atomic E-state index is 10.4. The number of aliphatic hydroxyl groups excluding tert-OH is 1. The number of aliphatic hydroxyl groups is 1. The van der Waals surface area contributed by atoms with Crippen molar-refractivity contribution in [1.82, 2.24) is 0 Å². The molecule has 0 amide bonds. The van der Waals surface area contributed by atoms with E-state index in [9.17, 15) is 5.11 Å². The molecule has 4 aliphatic rings. The molecule has 7 atom stereocenters. The van der Waals surface area contributed by atoms with Gasteiger partial charge in [-0.3, -0.25) is 0 Å². The molecular formula is C15H18O6.